The molecule has 3 aromatic heterocycles. The molecule has 2 aliphatic rings. The van der Waals surface area contributed by atoms with E-state index in [0.29, 0.717) is 0 Å². The van der Waals surface area contributed by atoms with Gasteiger partial charge in [-0.3, -0.25) is 0 Å². The summed E-state index contributed by atoms with van der Waals surface area (Å²) in [5, 5.41) is 8.85. The second-order valence-electron chi connectivity index (χ2n) is 6.44. The summed E-state index contributed by atoms with van der Waals surface area (Å²) >= 11 is 0. The average Bonchev–Trinajstić information content (AvgIpc) is 3.19. The molecule has 0 radical (unpaired) electrons. The van der Waals surface area contributed by atoms with Crippen LogP contribution in [0.5, 0.6) is 0 Å². The van der Waals surface area contributed by atoms with E-state index in [9.17, 15) is 0 Å². The van der Waals surface area contributed by atoms with E-state index >= 15 is 0 Å². The quantitative estimate of drug-likeness (QED) is 0.744. The molecular formula is C17H18N6. The van der Waals surface area contributed by atoms with Crippen molar-refractivity contribution in [2.24, 2.45) is 0 Å². The summed E-state index contributed by atoms with van der Waals surface area (Å²) in [6, 6.07) is 6.46. The summed E-state index contributed by atoms with van der Waals surface area (Å²) < 4.78 is 1.94. The minimum Gasteiger partial charge on any atom is -0.332 e. The number of anilines is 1. The third-order valence-electron chi connectivity index (χ3n) is 4.89. The smallest absolute Gasteiger partial charge is 0.225 e. The van der Waals surface area contributed by atoms with E-state index in [-0.39, 0.29) is 6.04 Å². The van der Waals surface area contributed by atoms with Crippen molar-refractivity contribution in [3.8, 4) is 0 Å². The molecule has 116 valence electrons. The second kappa shape index (κ2) is 5.01. The van der Waals surface area contributed by atoms with E-state index in [1.165, 1.54) is 18.4 Å². The Labute approximate surface area is 134 Å². The molecule has 1 atom stereocenters. The zero-order valence-electron chi connectivity index (χ0n) is 12.8. The van der Waals surface area contributed by atoms with Gasteiger partial charge in [0.15, 0.2) is 0 Å². The van der Waals surface area contributed by atoms with E-state index < -0.39 is 0 Å². The van der Waals surface area contributed by atoms with Crippen molar-refractivity contribution >= 4 is 11.5 Å². The Balaban J connectivity index is 1.54. The third kappa shape index (κ3) is 2.17. The summed E-state index contributed by atoms with van der Waals surface area (Å²) in [6.45, 7) is 0.966. The zero-order chi connectivity index (χ0) is 15.2. The SMILES string of the molecule is c1cnc(N2CCCC2c2nnn3cc(C4CC4)ccc23)nc1. The molecule has 4 heterocycles. The van der Waals surface area contributed by atoms with Crippen LogP contribution in [0.3, 0.4) is 0 Å². The lowest BCUT2D eigenvalue weighted by molar-refractivity contribution is 0.677. The van der Waals surface area contributed by atoms with Crippen LogP contribution in [0.4, 0.5) is 5.95 Å². The van der Waals surface area contributed by atoms with Crippen molar-refractivity contribution in [2.45, 2.75) is 37.6 Å². The largest absolute Gasteiger partial charge is 0.332 e. The average molecular weight is 306 g/mol. The fraction of sp³-hybridized carbons (Fsp3) is 0.412. The number of hydrogen-bond acceptors (Lipinski definition) is 5. The van der Waals surface area contributed by atoms with E-state index in [2.05, 4.69) is 43.5 Å². The van der Waals surface area contributed by atoms with E-state index in [0.717, 1.165) is 42.5 Å². The van der Waals surface area contributed by atoms with Gasteiger partial charge < -0.3 is 4.90 Å². The number of aromatic nitrogens is 5. The normalized spacial score (nSPS) is 21.2. The number of nitrogens with zero attached hydrogens (tertiary/aromatic N) is 6. The molecule has 0 aromatic carbocycles. The van der Waals surface area contributed by atoms with Crippen LogP contribution in [0.2, 0.25) is 0 Å². The Morgan fingerprint density at radius 2 is 1.91 bits per heavy atom. The Morgan fingerprint density at radius 1 is 1.04 bits per heavy atom. The molecule has 1 saturated carbocycles. The molecule has 6 heteroatoms. The maximum Gasteiger partial charge on any atom is 0.225 e. The van der Waals surface area contributed by atoms with Crippen molar-refractivity contribution in [3.63, 3.8) is 0 Å². The first-order valence-corrected chi connectivity index (χ1v) is 8.29. The van der Waals surface area contributed by atoms with Crippen LogP contribution in [-0.2, 0) is 0 Å². The van der Waals surface area contributed by atoms with Gasteiger partial charge in [0.2, 0.25) is 5.95 Å². The van der Waals surface area contributed by atoms with Crippen molar-refractivity contribution in [3.05, 3.63) is 48.0 Å². The Hall–Kier alpha value is -2.50. The van der Waals surface area contributed by atoms with Crippen molar-refractivity contribution in [1.29, 1.82) is 0 Å². The molecule has 5 rings (SSSR count). The first-order chi connectivity index (χ1) is 11.4. The number of fused-ring (bicyclic) bond motifs is 1. The first-order valence-electron chi connectivity index (χ1n) is 8.29. The molecule has 3 aromatic rings. The first kappa shape index (κ1) is 13.0. The zero-order valence-corrected chi connectivity index (χ0v) is 12.8. The molecule has 6 nitrogen and oxygen atoms in total. The third-order valence-corrected chi connectivity index (χ3v) is 4.89. The monoisotopic (exact) mass is 306 g/mol. The predicted octanol–water partition coefficient (Wildman–Crippen LogP) is 2.74. The van der Waals surface area contributed by atoms with Crippen molar-refractivity contribution in [2.75, 3.05) is 11.4 Å². The highest BCUT2D eigenvalue weighted by Crippen LogP contribution is 2.40. The van der Waals surface area contributed by atoms with Crippen LogP contribution in [0.15, 0.2) is 36.8 Å². The predicted molar refractivity (Wildman–Crippen MR) is 86.3 cm³/mol. The van der Waals surface area contributed by atoms with Gasteiger partial charge in [0.25, 0.3) is 0 Å². The Morgan fingerprint density at radius 3 is 2.74 bits per heavy atom. The van der Waals surface area contributed by atoms with Gasteiger partial charge in [0, 0.05) is 25.1 Å². The molecule has 1 saturated heterocycles. The van der Waals surface area contributed by atoms with Gasteiger partial charge in [0.05, 0.1) is 11.6 Å². The topological polar surface area (TPSA) is 59.2 Å². The van der Waals surface area contributed by atoms with Crippen LogP contribution < -0.4 is 4.90 Å². The van der Waals surface area contributed by atoms with Crippen LogP contribution >= 0.6 is 0 Å². The maximum atomic E-state index is 4.49. The molecular weight excluding hydrogens is 288 g/mol. The van der Waals surface area contributed by atoms with Crippen LogP contribution in [0.1, 0.15) is 48.9 Å². The summed E-state index contributed by atoms with van der Waals surface area (Å²) in [4.78, 5) is 11.1. The molecule has 2 fully saturated rings. The maximum absolute atomic E-state index is 4.49. The molecule has 0 spiro atoms. The minimum atomic E-state index is 0.210. The van der Waals surface area contributed by atoms with E-state index in [1.54, 1.807) is 12.4 Å². The van der Waals surface area contributed by atoms with Gasteiger partial charge in [-0.2, -0.15) is 0 Å². The van der Waals surface area contributed by atoms with Gasteiger partial charge in [-0.25, -0.2) is 14.5 Å². The van der Waals surface area contributed by atoms with Crippen LogP contribution in [-0.4, -0.2) is 31.3 Å². The van der Waals surface area contributed by atoms with Crippen molar-refractivity contribution in [1.82, 2.24) is 24.8 Å². The number of hydrogen-bond donors (Lipinski definition) is 0. The van der Waals surface area contributed by atoms with Crippen molar-refractivity contribution < 1.29 is 0 Å². The molecule has 1 unspecified atom stereocenters. The van der Waals surface area contributed by atoms with E-state index in [4.69, 9.17) is 0 Å². The Bertz CT molecular complexity index is 839. The molecule has 23 heavy (non-hydrogen) atoms. The lowest BCUT2D eigenvalue weighted by Crippen LogP contribution is -2.24. The highest BCUT2D eigenvalue weighted by Gasteiger charge is 2.32. The number of rotatable bonds is 3. The Kier molecular flexibility index (Phi) is 2.83. The molecule has 1 aliphatic heterocycles. The minimum absolute atomic E-state index is 0.210. The lowest BCUT2D eigenvalue weighted by atomic mass is 10.1. The summed E-state index contributed by atoms with van der Waals surface area (Å²) in [5.41, 5.74) is 3.52. The summed E-state index contributed by atoms with van der Waals surface area (Å²) in [7, 11) is 0. The number of pyridine rings is 1. The summed E-state index contributed by atoms with van der Waals surface area (Å²) in [6.07, 6.45) is 10.5. The van der Waals surface area contributed by atoms with Gasteiger partial charge in [-0.1, -0.05) is 11.3 Å². The van der Waals surface area contributed by atoms with E-state index in [1.807, 2.05) is 10.6 Å². The summed E-state index contributed by atoms with van der Waals surface area (Å²) in [5.74, 6) is 1.51. The van der Waals surface area contributed by atoms with Crippen LogP contribution in [0.25, 0.3) is 5.52 Å². The standard InChI is InChI=1S/C17H18N6/c1-3-14(22(10-1)17-18-8-2-9-19-17)16-15-7-6-13(12-4-5-12)11-23(15)21-20-16/h2,6-9,11-12,14H,1,3-5,10H2. The second-order valence-corrected chi connectivity index (χ2v) is 6.44. The molecule has 0 bridgehead atoms. The molecule has 0 amide bonds. The fourth-order valence-corrected chi connectivity index (χ4v) is 3.56. The highest BCUT2D eigenvalue weighted by atomic mass is 15.4. The van der Waals surface area contributed by atoms with Gasteiger partial charge >= 0.3 is 0 Å². The van der Waals surface area contributed by atoms with Crippen LogP contribution in [0, 0.1) is 0 Å². The molecule has 1 aliphatic carbocycles. The molecule has 0 N–H and O–H groups in total. The highest BCUT2D eigenvalue weighted by molar-refractivity contribution is 5.55. The van der Waals surface area contributed by atoms with Gasteiger partial charge in [0.1, 0.15) is 5.69 Å². The fourth-order valence-electron chi connectivity index (χ4n) is 3.56. The lowest BCUT2D eigenvalue weighted by Gasteiger charge is -2.22. The van der Waals surface area contributed by atoms with Gasteiger partial charge in [-0.05, 0) is 49.3 Å². The van der Waals surface area contributed by atoms with Gasteiger partial charge in [-0.15, -0.1) is 5.10 Å².